The Morgan fingerprint density at radius 2 is 0.911 bits per heavy atom. The van der Waals surface area contributed by atoms with Gasteiger partial charge in [0.25, 0.3) is 4.92 Å². The molecule has 0 unspecified atom stereocenters. The average molecular weight is 826 g/mol. The highest BCUT2D eigenvalue weighted by molar-refractivity contribution is 7.87. The molecule has 0 fully saturated rings. The van der Waals surface area contributed by atoms with Gasteiger partial charge >= 0.3 is 83.0 Å². The van der Waals surface area contributed by atoms with Gasteiger partial charge in [0.1, 0.15) is 0 Å². The topological polar surface area (TPSA) is 83.7 Å². The lowest BCUT2D eigenvalue weighted by Crippen LogP contribution is -3.85. The summed E-state index contributed by atoms with van der Waals surface area (Å²) in [5, 5.41) is 0.997. The van der Waals surface area contributed by atoms with Crippen LogP contribution in [0.25, 0.3) is 0 Å². The first-order chi connectivity index (χ1) is 19.9. The van der Waals surface area contributed by atoms with E-state index in [0.29, 0.717) is 24.3 Å². The van der Waals surface area contributed by atoms with Crippen LogP contribution in [0.15, 0.2) is 54.6 Å². The van der Waals surface area contributed by atoms with Crippen molar-refractivity contribution in [3.8, 4) is 0 Å². The van der Waals surface area contributed by atoms with E-state index in [1.165, 1.54) is 6.07 Å². The first-order valence-electron chi connectivity index (χ1n) is 10.5. The molecule has 0 heterocycles. The molecule has 1 N–H and O–H groups in total. The van der Waals surface area contributed by atoms with Crippen molar-refractivity contribution in [3.63, 3.8) is 0 Å². The minimum Gasteiger partial charge on any atom is -0.241 e. The smallest absolute Gasteiger partial charge is 0.241 e. The van der Waals surface area contributed by atoms with E-state index in [9.17, 15) is 88.0 Å². The van der Waals surface area contributed by atoms with Crippen molar-refractivity contribution < 1.29 is 116 Å². The van der Waals surface area contributed by atoms with Gasteiger partial charge in [0, 0.05) is 12.1 Å². The second-order valence-electron chi connectivity index (χ2n) is 8.27. The second kappa shape index (κ2) is 11.5. The highest BCUT2D eigenvalue weighted by Crippen LogP contribution is 2.64. The van der Waals surface area contributed by atoms with E-state index >= 15 is 0 Å². The summed E-state index contributed by atoms with van der Waals surface area (Å²) in [5.41, 5.74) is -0.641. The highest BCUT2D eigenvalue weighted by Gasteiger charge is 2.96. The molecule has 6 nitrogen and oxygen atoms in total. The Kier molecular flexibility index (Phi) is 9.85. The summed E-state index contributed by atoms with van der Waals surface area (Å²) in [4.78, 5) is 10.1. The minimum absolute atomic E-state index is 0.502. The largest absolute Gasteiger partial charge is 0.460 e. The zero-order valence-electron chi connectivity index (χ0n) is 20.4. The van der Waals surface area contributed by atoms with Crippen LogP contribution in [0.5, 0.6) is 0 Å². The molecule has 0 aliphatic rings. The van der Waals surface area contributed by atoms with Gasteiger partial charge in [-0.15, -0.1) is 0 Å². The van der Waals surface area contributed by atoms with Gasteiger partial charge in [-0.25, -0.2) is 5.21 Å². The SMILES string of the molecule is O=[N+](O)c1ccc([I+](OS(=O)(=O)C(F)(F)C(F)(F)C(F)(F)C(F)(F)C(F)(F)C(F)(F)C(F)(F)C(F)(F)F)c2ccccc2)cc1. The molecule has 0 aliphatic heterocycles. The van der Waals surface area contributed by atoms with E-state index in [2.05, 4.69) is 2.51 Å². The maximum Gasteiger partial charge on any atom is 0.460 e. The van der Waals surface area contributed by atoms with Gasteiger partial charge in [-0.1, -0.05) is 18.2 Å². The van der Waals surface area contributed by atoms with Crippen molar-refractivity contribution in [2.75, 3.05) is 0 Å². The van der Waals surface area contributed by atoms with Crippen LogP contribution >= 0.6 is 0 Å². The van der Waals surface area contributed by atoms with Crippen LogP contribution in [-0.2, 0) is 12.6 Å². The van der Waals surface area contributed by atoms with Crippen LogP contribution in [0.2, 0.25) is 0 Å². The molecule has 0 atom stereocenters. The molecule has 25 heteroatoms. The minimum atomic E-state index is -8.97. The summed E-state index contributed by atoms with van der Waals surface area (Å²) in [6.07, 6.45) is -7.94. The summed E-state index contributed by atoms with van der Waals surface area (Å²) in [6, 6.07) is 7.46. The molecule has 2 aromatic carbocycles. The summed E-state index contributed by atoms with van der Waals surface area (Å²) in [7, 11) is -7.82. The zero-order valence-corrected chi connectivity index (χ0v) is 23.4. The van der Waals surface area contributed by atoms with Gasteiger partial charge < -0.3 is 0 Å². The molecule has 0 aliphatic carbocycles. The predicted octanol–water partition coefficient (Wildman–Crippen LogP) is 4.38. The highest BCUT2D eigenvalue weighted by atomic mass is 127. The van der Waals surface area contributed by atoms with Crippen molar-refractivity contribution in [2.45, 2.75) is 47.0 Å². The molecular weight excluding hydrogens is 816 g/mol. The third kappa shape index (κ3) is 5.86. The number of halogens is 18. The number of hydrogen-bond donors (Lipinski definition) is 1. The Morgan fingerprint density at radius 1 is 0.556 bits per heavy atom. The lowest BCUT2D eigenvalue weighted by molar-refractivity contribution is -1.03. The Hall–Kier alpha value is -2.71. The Labute approximate surface area is 245 Å². The van der Waals surface area contributed by atoms with Crippen molar-refractivity contribution in [1.82, 2.24) is 0 Å². The predicted molar refractivity (Wildman–Crippen MR) is 106 cm³/mol. The Balaban J connectivity index is 2.69. The van der Waals surface area contributed by atoms with Gasteiger partial charge in [-0.3, -0.25) is 0 Å². The van der Waals surface area contributed by atoms with E-state index < -0.39 is 95.1 Å². The van der Waals surface area contributed by atoms with Crippen LogP contribution in [0, 0.1) is 12.0 Å². The number of hydrogen-bond acceptors (Lipinski definition) is 4. The number of benzene rings is 2. The molecule has 0 spiro atoms. The third-order valence-electron chi connectivity index (χ3n) is 5.33. The van der Waals surface area contributed by atoms with Crippen molar-refractivity contribution in [2.24, 2.45) is 0 Å². The molecule has 255 valence electrons. The van der Waals surface area contributed by atoms with Gasteiger partial charge in [-0.2, -0.15) is 83.1 Å². The van der Waals surface area contributed by atoms with Crippen LogP contribution < -0.4 is 20.2 Å². The molecule has 0 saturated carbocycles. The lowest BCUT2D eigenvalue weighted by Gasteiger charge is -2.42. The van der Waals surface area contributed by atoms with Crippen LogP contribution in [0.1, 0.15) is 0 Å². The molecule has 2 aromatic rings. The fraction of sp³-hybridized carbons (Fsp3) is 0.400. The molecule has 0 saturated heterocycles. The van der Waals surface area contributed by atoms with Gasteiger partial charge in [-0.05, 0) is 26.8 Å². The van der Waals surface area contributed by atoms with Crippen LogP contribution in [0.3, 0.4) is 0 Å². The first-order valence-corrected chi connectivity index (χ1v) is 15.0. The molecule has 2 rings (SSSR count). The van der Waals surface area contributed by atoms with E-state index in [1.807, 2.05) is 0 Å². The van der Waals surface area contributed by atoms with Gasteiger partial charge in [0.15, 0.2) is 7.14 Å². The maximum absolute atomic E-state index is 14.6. The number of alkyl halides is 17. The molecule has 0 amide bonds. The monoisotopic (exact) mass is 826 g/mol. The normalized spacial score (nSPS) is 15.0. The summed E-state index contributed by atoms with van der Waals surface area (Å²) < 4.78 is 258. The zero-order chi connectivity index (χ0) is 35.5. The Bertz CT molecular complexity index is 1500. The number of nitrogens with zero attached hydrogens (tertiary/aromatic N) is 1. The second-order valence-corrected chi connectivity index (χ2v) is 14.8. The van der Waals surface area contributed by atoms with Crippen molar-refractivity contribution >= 4 is 15.8 Å². The van der Waals surface area contributed by atoms with Gasteiger partial charge in [0.05, 0.1) is 4.91 Å². The molecule has 0 aromatic heterocycles. The fourth-order valence-corrected chi connectivity index (χ4v) is 9.82. The molecule has 45 heavy (non-hydrogen) atoms. The summed E-state index contributed by atoms with van der Waals surface area (Å²) in [5.74, 6) is -52.4. The van der Waals surface area contributed by atoms with Crippen LogP contribution in [-0.4, -0.2) is 65.5 Å². The average Bonchev–Trinajstić information content (AvgIpc) is 2.90. The fourth-order valence-electron chi connectivity index (χ4n) is 2.84. The van der Waals surface area contributed by atoms with E-state index in [0.717, 1.165) is 24.3 Å². The number of rotatable bonds is 12. The van der Waals surface area contributed by atoms with Gasteiger partial charge in [0.2, 0.25) is 0 Å². The first kappa shape index (κ1) is 38.5. The van der Waals surface area contributed by atoms with E-state index in [-0.39, 0.29) is 0 Å². The van der Waals surface area contributed by atoms with E-state index in [1.54, 1.807) is 0 Å². The third-order valence-corrected chi connectivity index (χ3v) is 12.7. The van der Waals surface area contributed by atoms with Crippen molar-refractivity contribution in [1.29, 1.82) is 0 Å². The molecular formula is C20H10F17INO5S+2. The summed E-state index contributed by atoms with van der Waals surface area (Å²) >= 11 is -4.76. The van der Waals surface area contributed by atoms with Crippen molar-refractivity contribution in [3.05, 3.63) is 66.6 Å². The lowest BCUT2D eigenvalue weighted by atomic mass is 9.91. The van der Waals surface area contributed by atoms with Crippen LogP contribution in [0.4, 0.5) is 80.3 Å². The standard InChI is InChI=1S/C20H10F17INO5S/c21-13(22,15(25,26)17(29,30)19(33,34)35)14(23,24)16(27,28)18(31,32)20(36,37)45(42,43)44-38(10-4-2-1-3-5-10)11-6-8-12(9-7-11)39(40)41/h1-9H,(H,40,41)/q+2. The summed E-state index contributed by atoms with van der Waals surface area (Å²) in [6.45, 7) is 0. The molecule has 0 bridgehead atoms. The van der Waals surface area contributed by atoms with E-state index in [4.69, 9.17) is 5.21 Å². The quantitative estimate of drug-likeness (QED) is 0.196. The Morgan fingerprint density at radius 3 is 1.29 bits per heavy atom. The maximum atomic E-state index is 14.6. The molecule has 1 radical (unpaired) electrons.